The number of amides is 1. The number of hydrogen-bond donors (Lipinski definition) is 0. The summed E-state index contributed by atoms with van der Waals surface area (Å²) in [4.78, 5) is 14.6. The molecule has 1 spiro atoms. The van der Waals surface area contributed by atoms with Gasteiger partial charge >= 0.3 is 6.09 Å². The Bertz CT molecular complexity index is 906. The van der Waals surface area contributed by atoms with E-state index >= 15 is 0 Å². The molecule has 2 aliphatic heterocycles. The maximum atomic E-state index is 13.0. The zero-order valence-corrected chi connectivity index (χ0v) is 17.2. The number of rotatable bonds is 2. The van der Waals surface area contributed by atoms with Crippen LogP contribution < -0.4 is 4.74 Å². The second kappa shape index (κ2) is 6.41. The van der Waals surface area contributed by atoms with Crippen LogP contribution in [0.2, 0.25) is 0 Å². The molecule has 4 nitrogen and oxygen atoms in total. The van der Waals surface area contributed by atoms with Crippen LogP contribution in [0, 0.1) is 0 Å². The van der Waals surface area contributed by atoms with Gasteiger partial charge in [-0.05, 0) is 50.6 Å². The molecule has 0 aliphatic carbocycles. The lowest BCUT2D eigenvalue weighted by molar-refractivity contribution is -0.0597. The average molecular weight is 428 g/mol. The zero-order valence-electron chi connectivity index (χ0n) is 15.6. The van der Waals surface area contributed by atoms with E-state index < -0.39 is 11.2 Å². The van der Waals surface area contributed by atoms with Crippen LogP contribution in [0.4, 0.5) is 4.79 Å². The van der Waals surface area contributed by atoms with Crippen LogP contribution in [-0.4, -0.2) is 16.6 Å². The molecule has 0 N–H and O–H groups in total. The number of benzene rings is 2. The van der Waals surface area contributed by atoms with E-state index in [1.165, 1.54) is 0 Å². The van der Waals surface area contributed by atoms with E-state index in [0.717, 1.165) is 21.3 Å². The quantitative estimate of drug-likeness (QED) is 0.595. The van der Waals surface area contributed by atoms with Crippen molar-refractivity contribution in [2.45, 2.75) is 44.4 Å². The summed E-state index contributed by atoms with van der Waals surface area (Å²) in [6.07, 6.45) is 4.07. The van der Waals surface area contributed by atoms with Crippen LogP contribution >= 0.6 is 15.9 Å². The fraction of sp³-hybridized carbons (Fsp3) is 0.318. The summed E-state index contributed by atoms with van der Waals surface area (Å²) in [7, 11) is 0. The van der Waals surface area contributed by atoms with E-state index in [2.05, 4.69) is 15.9 Å². The molecule has 1 amide bonds. The minimum absolute atomic E-state index is 0.123. The molecule has 2 atom stereocenters. The number of hydrogen-bond acceptors (Lipinski definition) is 3. The summed E-state index contributed by atoms with van der Waals surface area (Å²) >= 11 is 3.45. The van der Waals surface area contributed by atoms with Crippen molar-refractivity contribution in [1.82, 2.24) is 4.90 Å². The minimum atomic E-state index is -0.800. The van der Waals surface area contributed by atoms with Crippen molar-refractivity contribution in [3.63, 3.8) is 0 Å². The van der Waals surface area contributed by atoms with Crippen LogP contribution in [0.3, 0.4) is 0 Å². The molecule has 4 rings (SSSR count). The van der Waals surface area contributed by atoms with Gasteiger partial charge in [0.05, 0.1) is 6.04 Å². The van der Waals surface area contributed by atoms with E-state index in [4.69, 9.17) is 9.47 Å². The van der Waals surface area contributed by atoms with E-state index in [1.54, 1.807) is 4.90 Å². The van der Waals surface area contributed by atoms with Gasteiger partial charge in [0.1, 0.15) is 11.4 Å². The SMILES string of the molecule is CC(c1ccc(Br)cc1)N1C=CC2(CC(C)(C)Oc3ccccc32)OC1=O. The first-order valence-corrected chi connectivity index (χ1v) is 9.84. The van der Waals surface area contributed by atoms with Gasteiger partial charge in [0.25, 0.3) is 0 Å². The van der Waals surface area contributed by atoms with Crippen molar-refractivity contribution in [2.24, 2.45) is 0 Å². The van der Waals surface area contributed by atoms with Crippen LogP contribution in [-0.2, 0) is 10.3 Å². The predicted octanol–water partition coefficient (Wildman–Crippen LogP) is 5.93. The Labute approximate surface area is 167 Å². The Hall–Kier alpha value is -2.27. The highest BCUT2D eigenvalue weighted by molar-refractivity contribution is 9.10. The lowest BCUT2D eigenvalue weighted by Gasteiger charge is -2.46. The second-order valence-corrected chi connectivity index (χ2v) is 8.66. The van der Waals surface area contributed by atoms with E-state index in [-0.39, 0.29) is 12.1 Å². The summed E-state index contributed by atoms with van der Waals surface area (Å²) in [6, 6.07) is 15.6. The molecular weight excluding hydrogens is 406 g/mol. The van der Waals surface area contributed by atoms with Crippen molar-refractivity contribution in [3.8, 4) is 5.75 Å². The molecular formula is C22H22BrNO3. The molecule has 140 valence electrons. The van der Waals surface area contributed by atoms with Crippen molar-refractivity contribution >= 4 is 22.0 Å². The third-order valence-electron chi connectivity index (χ3n) is 5.17. The van der Waals surface area contributed by atoms with Gasteiger partial charge in [-0.15, -0.1) is 0 Å². The summed E-state index contributed by atoms with van der Waals surface area (Å²) in [5.74, 6) is 0.764. The van der Waals surface area contributed by atoms with Crippen molar-refractivity contribution in [2.75, 3.05) is 0 Å². The van der Waals surface area contributed by atoms with Gasteiger partial charge in [0.2, 0.25) is 0 Å². The Morgan fingerprint density at radius 2 is 1.78 bits per heavy atom. The Balaban J connectivity index is 1.70. The average Bonchev–Trinajstić information content (AvgIpc) is 2.61. The van der Waals surface area contributed by atoms with Crippen molar-refractivity contribution < 1.29 is 14.3 Å². The largest absolute Gasteiger partial charge is 0.487 e. The molecule has 2 aromatic carbocycles. The highest BCUT2D eigenvalue weighted by Gasteiger charge is 2.49. The lowest BCUT2D eigenvalue weighted by Crippen LogP contribution is -2.49. The lowest BCUT2D eigenvalue weighted by atomic mass is 9.79. The van der Waals surface area contributed by atoms with Gasteiger partial charge < -0.3 is 9.47 Å². The number of carbonyl (C=O) groups excluding carboxylic acids is 1. The van der Waals surface area contributed by atoms with E-state index in [0.29, 0.717) is 6.42 Å². The van der Waals surface area contributed by atoms with Gasteiger partial charge in [-0.2, -0.15) is 0 Å². The third-order valence-corrected chi connectivity index (χ3v) is 5.70. The van der Waals surface area contributed by atoms with Gasteiger partial charge in [-0.1, -0.05) is 46.3 Å². The number of para-hydroxylation sites is 1. The van der Waals surface area contributed by atoms with Gasteiger partial charge in [-0.3, -0.25) is 4.90 Å². The minimum Gasteiger partial charge on any atom is -0.487 e. The van der Waals surface area contributed by atoms with Gasteiger partial charge in [-0.25, -0.2) is 4.79 Å². The molecule has 0 aromatic heterocycles. The van der Waals surface area contributed by atoms with E-state index in [9.17, 15) is 4.79 Å². The highest BCUT2D eigenvalue weighted by Crippen LogP contribution is 2.48. The maximum absolute atomic E-state index is 13.0. The number of halogens is 1. The first kappa shape index (κ1) is 18.1. The number of fused-ring (bicyclic) bond motifs is 2. The fourth-order valence-corrected chi connectivity index (χ4v) is 4.16. The number of nitrogens with zero attached hydrogens (tertiary/aromatic N) is 1. The molecule has 2 aromatic rings. The molecule has 5 heteroatoms. The zero-order chi connectivity index (χ0) is 19.2. The fourth-order valence-electron chi connectivity index (χ4n) is 3.90. The smallest absolute Gasteiger partial charge is 0.415 e. The van der Waals surface area contributed by atoms with Crippen LogP contribution in [0.1, 0.15) is 44.4 Å². The molecule has 0 radical (unpaired) electrons. The number of carbonyl (C=O) groups is 1. The normalized spacial score (nSPS) is 24.1. The van der Waals surface area contributed by atoms with Crippen LogP contribution in [0.25, 0.3) is 0 Å². The molecule has 2 unspecified atom stereocenters. The van der Waals surface area contributed by atoms with E-state index in [1.807, 2.05) is 81.6 Å². The van der Waals surface area contributed by atoms with Crippen LogP contribution in [0.5, 0.6) is 5.75 Å². The monoisotopic (exact) mass is 427 g/mol. The summed E-state index contributed by atoms with van der Waals surface area (Å²) < 4.78 is 13.2. The molecule has 2 aliphatic rings. The Morgan fingerprint density at radius 3 is 2.48 bits per heavy atom. The topological polar surface area (TPSA) is 38.8 Å². The summed E-state index contributed by atoms with van der Waals surface area (Å²) in [5, 5.41) is 0. The van der Waals surface area contributed by atoms with Gasteiger partial charge in [0, 0.05) is 22.7 Å². The van der Waals surface area contributed by atoms with Crippen LogP contribution in [0.15, 0.2) is 65.3 Å². The molecule has 0 saturated carbocycles. The second-order valence-electron chi connectivity index (χ2n) is 7.74. The van der Waals surface area contributed by atoms with Gasteiger partial charge in [0.15, 0.2) is 5.60 Å². The molecule has 0 fully saturated rings. The molecule has 0 bridgehead atoms. The third kappa shape index (κ3) is 3.25. The Kier molecular flexibility index (Phi) is 4.30. The molecule has 27 heavy (non-hydrogen) atoms. The summed E-state index contributed by atoms with van der Waals surface area (Å²) in [6.45, 7) is 6.03. The highest BCUT2D eigenvalue weighted by atomic mass is 79.9. The van der Waals surface area contributed by atoms with Crippen molar-refractivity contribution in [1.29, 1.82) is 0 Å². The maximum Gasteiger partial charge on any atom is 0.415 e. The predicted molar refractivity (Wildman–Crippen MR) is 107 cm³/mol. The first-order valence-electron chi connectivity index (χ1n) is 9.04. The summed E-state index contributed by atoms with van der Waals surface area (Å²) in [5.41, 5.74) is 0.706. The molecule has 0 saturated heterocycles. The Morgan fingerprint density at radius 1 is 1.07 bits per heavy atom. The standard InChI is InChI=1S/C22H22BrNO3/c1-15(16-8-10-17(23)11-9-16)24-13-12-22(27-20(24)25)14-21(2,3)26-19-7-5-4-6-18(19)22/h4-13,15H,14H2,1-3H3. The molecule has 2 heterocycles. The van der Waals surface area contributed by atoms with Crippen molar-refractivity contribution in [3.05, 3.63) is 76.4 Å². The first-order chi connectivity index (χ1) is 12.8. The number of ether oxygens (including phenoxy) is 2.